The van der Waals surface area contributed by atoms with Crippen LogP contribution in [0.15, 0.2) is 17.1 Å². The number of aryl methyl sites for hydroxylation is 3. The zero-order chi connectivity index (χ0) is 16.4. The molecule has 0 fully saturated rings. The van der Waals surface area contributed by atoms with Crippen molar-refractivity contribution < 1.29 is 4.74 Å². The summed E-state index contributed by atoms with van der Waals surface area (Å²) in [6.07, 6.45) is 1.96. The van der Waals surface area contributed by atoms with E-state index in [9.17, 15) is 0 Å². The normalized spacial score (nSPS) is 11.6. The molecule has 0 amide bonds. The number of rotatable bonds is 8. The highest BCUT2D eigenvalue weighted by molar-refractivity contribution is 5.79. The van der Waals surface area contributed by atoms with Gasteiger partial charge in [-0.05, 0) is 57.2 Å². The molecule has 0 saturated carbocycles. The van der Waals surface area contributed by atoms with Crippen molar-refractivity contribution in [3.63, 3.8) is 0 Å². The fraction of sp³-hybridized carbons (Fsp3) is 0.611. The first-order valence-corrected chi connectivity index (χ1v) is 8.16. The molecule has 0 aliphatic carbocycles. The smallest absolute Gasteiger partial charge is 0.191 e. The molecule has 0 radical (unpaired) electrons. The molecular weight excluding hydrogens is 274 g/mol. The topological polar surface area (TPSA) is 45.7 Å². The molecule has 2 N–H and O–H groups in total. The van der Waals surface area contributed by atoms with Crippen molar-refractivity contribution in [2.24, 2.45) is 4.99 Å². The highest BCUT2D eigenvalue weighted by Gasteiger charge is 2.04. The molecule has 0 bridgehead atoms. The Hall–Kier alpha value is -1.55. The Labute approximate surface area is 135 Å². The van der Waals surface area contributed by atoms with Crippen LogP contribution in [0.2, 0.25) is 0 Å². The molecule has 0 aliphatic rings. The van der Waals surface area contributed by atoms with Crippen molar-refractivity contribution in [1.29, 1.82) is 0 Å². The quantitative estimate of drug-likeness (QED) is 0.441. The molecule has 22 heavy (non-hydrogen) atoms. The molecule has 0 atom stereocenters. The lowest BCUT2D eigenvalue weighted by Gasteiger charge is -2.14. The summed E-state index contributed by atoms with van der Waals surface area (Å²) in [5.74, 6) is 0.890. The molecule has 0 aromatic heterocycles. The molecular formula is C18H31N3O. The summed E-state index contributed by atoms with van der Waals surface area (Å²) in [4.78, 5) is 4.56. The summed E-state index contributed by atoms with van der Waals surface area (Å²) in [6, 6.07) is 4.51. The van der Waals surface area contributed by atoms with E-state index >= 15 is 0 Å². The highest BCUT2D eigenvalue weighted by Crippen LogP contribution is 2.16. The van der Waals surface area contributed by atoms with Crippen molar-refractivity contribution in [2.45, 2.75) is 40.5 Å². The Kier molecular flexibility index (Phi) is 8.60. The minimum atomic E-state index is 0.755. The second-order valence-electron chi connectivity index (χ2n) is 5.66. The maximum Gasteiger partial charge on any atom is 0.191 e. The van der Waals surface area contributed by atoms with Gasteiger partial charge >= 0.3 is 0 Å². The average molecular weight is 305 g/mol. The summed E-state index contributed by atoms with van der Waals surface area (Å²) in [5.41, 5.74) is 5.52. The van der Waals surface area contributed by atoms with Crippen LogP contribution in [0.25, 0.3) is 0 Å². The number of hydrogen-bond acceptors (Lipinski definition) is 2. The first-order valence-electron chi connectivity index (χ1n) is 8.16. The van der Waals surface area contributed by atoms with Crippen LogP contribution < -0.4 is 10.6 Å². The summed E-state index contributed by atoms with van der Waals surface area (Å²) in [5, 5.41) is 6.70. The lowest BCUT2D eigenvalue weighted by Crippen LogP contribution is -2.38. The Morgan fingerprint density at radius 3 is 2.41 bits per heavy atom. The van der Waals surface area contributed by atoms with Crippen molar-refractivity contribution in [2.75, 3.05) is 33.4 Å². The van der Waals surface area contributed by atoms with E-state index in [0.29, 0.717) is 0 Å². The number of ether oxygens (including phenoxy) is 1. The maximum atomic E-state index is 5.05. The van der Waals surface area contributed by atoms with Gasteiger partial charge in [-0.25, -0.2) is 0 Å². The molecule has 1 rings (SSSR count). The third-order valence-corrected chi connectivity index (χ3v) is 3.63. The molecule has 0 saturated heterocycles. The number of hydrogen-bond donors (Lipinski definition) is 2. The van der Waals surface area contributed by atoms with Crippen LogP contribution in [-0.2, 0) is 11.2 Å². The standard InChI is InChI=1S/C18H31N3O/c1-6-19-18(20-9-7-11-22-5)21-10-8-17-15(3)12-14(2)13-16(17)4/h12-13H,6-11H2,1-5H3,(H2,19,20,21). The fourth-order valence-electron chi connectivity index (χ4n) is 2.65. The molecule has 1 aromatic carbocycles. The van der Waals surface area contributed by atoms with Gasteiger partial charge in [-0.3, -0.25) is 4.99 Å². The Bertz CT molecular complexity index is 460. The van der Waals surface area contributed by atoms with E-state index in [1.165, 1.54) is 22.3 Å². The molecule has 0 spiro atoms. The largest absolute Gasteiger partial charge is 0.385 e. The molecule has 0 heterocycles. The van der Waals surface area contributed by atoms with Crippen LogP contribution in [0.4, 0.5) is 0 Å². The lowest BCUT2D eigenvalue weighted by atomic mass is 9.97. The highest BCUT2D eigenvalue weighted by atomic mass is 16.5. The third-order valence-electron chi connectivity index (χ3n) is 3.63. The summed E-state index contributed by atoms with van der Waals surface area (Å²) < 4.78 is 5.05. The first-order chi connectivity index (χ1) is 10.6. The van der Waals surface area contributed by atoms with Gasteiger partial charge in [0.1, 0.15) is 0 Å². The van der Waals surface area contributed by atoms with Crippen molar-refractivity contribution >= 4 is 5.96 Å². The van der Waals surface area contributed by atoms with Crippen molar-refractivity contribution in [1.82, 2.24) is 10.6 Å². The van der Waals surface area contributed by atoms with Crippen LogP contribution in [0.5, 0.6) is 0 Å². The van der Waals surface area contributed by atoms with Crippen LogP contribution in [0.3, 0.4) is 0 Å². The van der Waals surface area contributed by atoms with Gasteiger partial charge in [0.25, 0.3) is 0 Å². The van der Waals surface area contributed by atoms with Gasteiger partial charge in [-0.15, -0.1) is 0 Å². The van der Waals surface area contributed by atoms with Crippen molar-refractivity contribution in [3.05, 3.63) is 34.4 Å². The summed E-state index contributed by atoms with van der Waals surface area (Å²) in [7, 11) is 1.72. The van der Waals surface area contributed by atoms with E-state index in [4.69, 9.17) is 4.74 Å². The van der Waals surface area contributed by atoms with E-state index < -0.39 is 0 Å². The molecule has 0 unspecified atom stereocenters. The van der Waals surface area contributed by atoms with E-state index in [1.54, 1.807) is 7.11 Å². The third kappa shape index (κ3) is 6.48. The van der Waals surface area contributed by atoms with Crippen LogP contribution in [-0.4, -0.2) is 39.3 Å². The van der Waals surface area contributed by atoms with Gasteiger partial charge < -0.3 is 15.4 Å². The average Bonchev–Trinajstić information content (AvgIpc) is 2.46. The van der Waals surface area contributed by atoms with E-state index in [2.05, 4.69) is 55.5 Å². The number of aliphatic imine (C=N–C) groups is 1. The second kappa shape index (κ2) is 10.2. The number of guanidine groups is 1. The van der Waals surface area contributed by atoms with Gasteiger partial charge in [0.15, 0.2) is 5.96 Å². The molecule has 4 nitrogen and oxygen atoms in total. The zero-order valence-electron chi connectivity index (χ0n) is 14.8. The lowest BCUT2D eigenvalue weighted by molar-refractivity contribution is 0.197. The van der Waals surface area contributed by atoms with Crippen LogP contribution >= 0.6 is 0 Å². The second-order valence-corrected chi connectivity index (χ2v) is 5.66. The summed E-state index contributed by atoms with van der Waals surface area (Å²) >= 11 is 0. The van der Waals surface area contributed by atoms with Crippen LogP contribution in [0.1, 0.15) is 35.6 Å². The van der Waals surface area contributed by atoms with E-state index in [-0.39, 0.29) is 0 Å². The SMILES string of the molecule is CCNC(=NCCCOC)NCCc1c(C)cc(C)cc1C. The van der Waals surface area contributed by atoms with Crippen LogP contribution in [0, 0.1) is 20.8 Å². The maximum absolute atomic E-state index is 5.05. The molecule has 4 heteroatoms. The van der Waals surface area contributed by atoms with E-state index in [1.807, 2.05) is 0 Å². The minimum absolute atomic E-state index is 0.755. The number of methoxy groups -OCH3 is 1. The number of nitrogens with zero attached hydrogens (tertiary/aromatic N) is 1. The zero-order valence-corrected chi connectivity index (χ0v) is 14.8. The van der Waals surface area contributed by atoms with Gasteiger partial charge in [0.05, 0.1) is 0 Å². The van der Waals surface area contributed by atoms with Crippen molar-refractivity contribution in [3.8, 4) is 0 Å². The number of benzene rings is 1. The first kappa shape index (κ1) is 18.5. The minimum Gasteiger partial charge on any atom is -0.385 e. The molecule has 1 aromatic rings. The van der Waals surface area contributed by atoms with Gasteiger partial charge in [-0.1, -0.05) is 17.7 Å². The van der Waals surface area contributed by atoms with E-state index in [0.717, 1.165) is 45.0 Å². The monoisotopic (exact) mass is 305 g/mol. The Morgan fingerprint density at radius 1 is 1.14 bits per heavy atom. The van der Waals surface area contributed by atoms with Gasteiger partial charge in [-0.2, -0.15) is 0 Å². The van der Waals surface area contributed by atoms with Gasteiger partial charge in [0.2, 0.25) is 0 Å². The van der Waals surface area contributed by atoms with Gasteiger partial charge in [0, 0.05) is 33.4 Å². The predicted molar refractivity (Wildman–Crippen MR) is 94.8 cm³/mol. The predicted octanol–water partition coefficient (Wildman–Crippen LogP) is 2.75. The Morgan fingerprint density at radius 2 is 1.82 bits per heavy atom. The number of nitrogens with one attached hydrogen (secondary N) is 2. The fourth-order valence-corrected chi connectivity index (χ4v) is 2.65. The molecule has 124 valence electrons. The summed E-state index contributed by atoms with van der Waals surface area (Å²) in [6.45, 7) is 11.9. The Balaban J connectivity index is 2.52. The molecule has 0 aliphatic heterocycles.